The molecule has 0 aliphatic rings. The van der Waals surface area contributed by atoms with E-state index in [1.165, 1.54) is 38.4 Å². The summed E-state index contributed by atoms with van der Waals surface area (Å²) in [5, 5.41) is 2.98. The number of carbonyl (C=O) groups is 1. The molecule has 0 saturated heterocycles. The number of halogens is 1. The molecule has 2 aromatic carbocycles. The lowest BCUT2D eigenvalue weighted by Crippen LogP contribution is -2.28. The van der Waals surface area contributed by atoms with Crippen molar-refractivity contribution in [3.8, 4) is 0 Å². The summed E-state index contributed by atoms with van der Waals surface area (Å²) < 4.78 is 26.6. The molecular weight excluding hydrogens is 336 g/mol. The van der Waals surface area contributed by atoms with Crippen molar-refractivity contribution in [2.24, 2.45) is 0 Å². The first kappa shape index (κ1) is 17.3. The fourth-order valence-corrected chi connectivity index (χ4v) is 3.51. The third-order valence-corrected chi connectivity index (χ3v) is 5.55. The second-order valence-electron chi connectivity index (χ2n) is 5.01. The van der Waals surface area contributed by atoms with Crippen LogP contribution in [0.3, 0.4) is 0 Å². The van der Waals surface area contributed by atoms with Gasteiger partial charge in [0.2, 0.25) is 0 Å². The van der Waals surface area contributed by atoms with Gasteiger partial charge in [-0.05, 0) is 48.9 Å². The molecule has 0 radical (unpaired) electrons. The molecule has 7 heteroatoms. The van der Waals surface area contributed by atoms with Crippen LogP contribution in [-0.2, 0) is 10.0 Å². The molecule has 0 unspecified atom stereocenters. The zero-order valence-electron chi connectivity index (χ0n) is 13.0. The van der Waals surface area contributed by atoms with Gasteiger partial charge in [0.1, 0.15) is 0 Å². The number of carbonyl (C=O) groups excluding carboxylic acids is 1. The van der Waals surface area contributed by atoms with Gasteiger partial charge >= 0.3 is 0 Å². The number of anilines is 1. The Balaban J connectivity index is 2.48. The van der Waals surface area contributed by atoms with E-state index in [1.807, 2.05) is 0 Å². The molecule has 2 rings (SSSR count). The van der Waals surface area contributed by atoms with E-state index >= 15 is 0 Å². The fourth-order valence-electron chi connectivity index (χ4n) is 2.13. The van der Waals surface area contributed by atoms with Gasteiger partial charge < -0.3 is 5.32 Å². The molecular formula is C16H17ClN2O3S. The van der Waals surface area contributed by atoms with Crippen molar-refractivity contribution in [1.29, 1.82) is 0 Å². The summed E-state index contributed by atoms with van der Waals surface area (Å²) in [6.45, 7) is 1.79. The predicted octanol–water partition coefficient (Wildman–Crippen LogP) is 2.83. The summed E-state index contributed by atoms with van der Waals surface area (Å²) >= 11 is 5.80. The van der Waals surface area contributed by atoms with Crippen molar-refractivity contribution in [2.45, 2.75) is 11.8 Å². The highest BCUT2D eigenvalue weighted by Crippen LogP contribution is 2.27. The molecule has 0 atom stereocenters. The number of rotatable bonds is 4. The van der Waals surface area contributed by atoms with Crippen LogP contribution < -0.4 is 9.62 Å². The van der Waals surface area contributed by atoms with E-state index < -0.39 is 10.0 Å². The fraction of sp³-hybridized carbons (Fsp3) is 0.188. The number of hydrogen-bond donors (Lipinski definition) is 1. The Hall–Kier alpha value is -2.05. The standard InChI is InChI=1S/C16H17ClN2O3S/c1-11-4-5-12(16(20)18-2)10-15(11)19(3)23(21,22)14-8-6-13(17)7-9-14/h4-10H,1-3H3,(H,18,20). The third kappa shape index (κ3) is 3.48. The summed E-state index contributed by atoms with van der Waals surface area (Å²) in [6, 6.07) is 10.9. The largest absolute Gasteiger partial charge is 0.355 e. The molecule has 0 aliphatic carbocycles. The van der Waals surface area contributed by atoms with Crippen LogP contribution in [0.4, 0.5) is 5.69 Å². The zero-order valence-corrected chi connectivity index (χ0v) is 14.6. The van der Waals surface area contributed by atoms with Crippen LogP contribution in [0.1, 0.15) is 15.9 Å². The summed E-state index contributed by atoms with van der Waals surface area (Å²) in [5.41, 5.74) is 1.59. The van der Waals surface area contributed by atoms with E-state index in [-0.39, 0.29) is 10.8 Å². The van der Waals surface area contributed by atoms with Gasteiger partial charge in [-0.1, -0.05) is 17.7 Å². The van der Waals surface area contributed by atoms with Gasteiger partial charge in [0.05, 0.1) is 10.6 Å². The van der Waals surface area contributed by atoms with Gasteiger partial charge in [-0.3, -0.25) is 9.10 Å². The Morgan fingerprint density at radius 1 is 1.13 bits per heavy atom. The minimum Gasteiger partial charge on any atom is -0.355 e. The van der Waals surface area contributed by atoms with Crippen LogP contribution in [0.2, 0.25) is 5.02 Å². The Morgan fingerprint density at radius 2 is 1.74 bits per heavy atom. The quantitative estimate of drug-likeness (QED) is 0.920. The van der Waals surface area contributed by atoms with E-state index in [0.717, 1.165) is 9.87 Å². The maximum atomic E-state index is 12.7. The third-order valence-electron chi connectivity index (χ3n) is 3.51. The van der Waals surface area contributed by atoms with Gasteiger partial charge in [-0.25, -0.2) is 8.42 Å². The van der Waals surface area contributed by atoms with Crippen molar-refractivity contribution >= 4 is 33.2 Å². The summed E-state index contributed by atoms with van der Waals surface area (Å²) in [7, 11) is -0.755. The highest BCUT2D eigenvalue weighted by Gasteiger charge is 2.23. The lowest BCUT2D eigenvalue weighted by molar-refractivity contribution is 0.0963. The SMILES string of the molecule is CNC(=O)c1ccc(C)c(N(C)S(=O)(=O)c2ccc(Cl)cc2)c1. The topological polar surface area (TPSA) is 66.5 Å². The molecule has 0 saturated carbocycles. The number of aryl methyl sites for hydroxylation is 1. The smallest absolute Gasteiger partial charge is 0.264 e. The van der Waals surface area contributed by atoms with Gasteiger partial charge in [0.15, 0.2) is 0 Å². The normalized spacial score (nSPS) is 11.1. The van der Waals surface area contributed by atoms with Crippen molar-refractivity contribution in [1.82, 2.24) is 5.32 Å². The lowest BCUT2D eigenvalue weighted by Gasteiger charge is -2.22. The molecule has 0 aliphatic heterocycles. The maximum absolute atomic E-state index is 12.7. The molecule has 122 valence electrons. The molecule has 2 aromatic rings. The molecule has 0 spiro atoms. The average Bonchev–Trinajstić information content (AvgIpc) is 2.54. The second-order valence-corrected chi connectivity index (χ2v) is 7.41. The number of hydrogen-bond acceptors (Lipinski definition) is 3. The maximum Gasteiger partial charge on any atom is 0.264 e. The van der Waals surface area contributed by atoms with Crippen LogP contribution in [0.25, 0.3) is 0 Å². The molecule has 0 fully saturated rings. The minimum atomic E-state index is -3.74. The van der Waals surface area contributed by atoms with Crippen molar-refractivity contribution < 1.29 is 13.2 Å². The van der Waals surface area contributed by atoms with Gasteiger partial charge in [0.25, 0.3) is 15.9 Å². The number of nitrogens with one attached hydrogen (secondary N) is 1. The minimum absolute atomic E-state index is 0.133. The zero-order chi connectivity index (χ0) is 17.2. The van der Waals surface area contributed by atoms with E-state index in [2.05, 4.69) is 5.32 Å². The van der Waals surface area contributed by atoms with Crippen LogP contribution in [-0.4, -0.2) is 28.4 Å². The Kier molecular flexibility index (Phi) is 4.97. The number of sulfonamides is 1. The molecule has 0 bridgehead atoms. The molecule has 1 N–H and O–H groups in total. The van der Waals surface area contributed by atoms with Crippen LogP contribution >= 0.6 is 11.6 Å². The van der Waals surface area contributed by atoms with Crippen LogP contribution in [0.15, 0.2) is 47.4 Å². The van der Waals surface area contributed by atoms with E-state index in [0.29, 0.717) is 16.3 Å². The highest BCUT2D eigenvalue weighted by atomic mass is 35.5. The van der Waals surface area contributed by atoms with Gasteiger partial charge in [0, 0.05) is 24.7 Å². The Bertz CT molecular complexity index is 833. The van der Waals surface area contributed by atoms with Gasteiger partial charge in [-0.2, -0.15) is 0 Å². The first-order chi connectivity index (χ1) is 10.8. The first-order valence-corrected chi connectivity index (χ1v) is 8.66. The average molecular weight is 353 g/mol. The summed E-state index contributed by atoms with van der Waals surface area (Å²) in [5.74, 6) is -0.274. The molecule has 23 heavy (non-hydrogen) atoms. The highest BCUT2D eigenvalue weighted by molar-refractivity contribution is 7.92. The van der Waals surface area contributed by atoms with Crippen molar-refractivity contribution in [3.05, 3.63) is 58.6 Å². The predicted molar refractivity (Wildman–Crippen MR) is 91.6 cm³/mol. The first-order valence-electron chi connectivity index (χ1n) is 6.84. The van der Waals surface area contributed by atoms with Gasteiger partial charge in [-0.15, -0.1) is 0 Å². The number of benzene rings is 2. The molecule has 0 aromatic heterocycles. The van der Waals surface area contributed by atoms with E-state index in [9.17, 15) is 13.2 Å². The summed E-state index contributed by atoms with van der Waals surface area (Å²) in [4.78, 5) is 11.9. The lowest BCUT2D eigenvalue weighted by atomic mass is 10.1. The number of nitrogens with zero attached hydrogens (tertiary/aromatic N) is 1. The Labute approximate surface area is 140 Å². The van der Waals surface area contributed by atoms with Crippen LogP contribution in [0.5, 0.6) is 0 Å². The van der Waals surface area contributed by atoms with E-state index in [1.54, 1.807) is 25.1 Å². The molecule has 0 heterocycles. The monoisotopic (exact) mass is 352 g/mol. The van der Waals surface area contributed by atoms with Crippen molar-refractivity contribution in [2.75, 3.05) is 18.4 Å². The molecule has 5 nitrogen and oxygen atoms in total. The molecule has 1 amide bonds. The summed E-state index contributed by atoms with van der Waals surface area (Å²) in [6.07, 6.45) is 0. The number of amides is 1. The Morgan fingerprint density at radius 3 is 2.30 bits per heavy atom. The van der Waals surface area contributed by atoms with Crippen molar-refractivity contribution in [3.63, 3.8) is 0 Å². The van der Waals surface area contributed by atoms with Crippen LogP contribution in [0, 0.1) is 6.92 Å². The second kappa shape index (κ2) is 6.60. The van der Waals surface area contributed by atoms with E-state index in [4.69, 9.17) is 11.6 Å².